The molecule has 0 fully saturated rings. The van der Waals surface area contributed by atoms with E-state index in [2.05, 4.69) is 25.7 Å². The van der Waals surface area contributed by atoms with Gasteiger partial charge in [0.25, 0.3) is 0 Å². The Hall–Kier alpha value is -3.87. The minimum atomic E-state index is 0.669. The van der Waals surface area contributed by atoms with E-state index in [0.717, 1.165) is 33.5 Å². The Morgan fingerprint density at radius 3 is 2.79 bits per heavy atom. The molecule has 0 atom stereocenters. The summed E-state index contributed by atoms with van der Waals surface area (Å²) in [4.78, 5) is 4.54. The van der Waals surface area contributed by atoms with Crippen LogP contribution >= 0.6 is 0 Å². The lowest BCUT2D eigenvalue weighted by Crippen LogP contribution is -1.95. The molecule has 0 saturated heterocycles. The van der Waals surface area contributed by atoms with E-state index in [1.54, 1.807) is 26.6 Å². The molecule has 0 radical (unpaired) electrons. The fraction of sp³-hybridized carbons (Fsp3) is 0.0952. The Balaban J connectivity index is 1.57. The highest BCUT2D eigenvalue weighted by Gasteiger charge is 2.12. The number of para-hydroxylation sites is 1. The standard InChI is InChI=1S/C21H19N5O2/c1-27-16-8-9-17(19(11-16)28-2)21-15(13-23-26-21)12-22-25-20-10-7-14-5-3-4-6-18(14)24-20/h3-13H,1-2H3,(H,23,26)(H,24,25). The van der Waals surface area contributed by atoms with Crippen LogP contribution in [0.25, 0.3) is 22.2 Å². The maximum atomic E-state index is 5.48. The van der Waals surface area contributed by atoms with Crippen molar-refractivity contribution in [2.24, 2.45) is 5.10 Å². The highest BCUT2D eigenvalue weighted by atomic mass is 16.5. The summed E-state index contributed by atoms with van der Waals surface area (Å²) in [6.07, 6.45) is 3.40. The first-order chi connectivity index (χ1) is 13.8. The van der Waals surface area contributed by atoms with E-state index in [0.29, 0.717) is 11.6 Å². The number of rotatable bonds is 6. The Bertz CT molecular complexity index is 1140. The molecule has 0 aliphatic carbocycles. The average Bonchev–Trinajstić information content (AvgIpc) is 3.21. The lowest BCUT2D eigenvalue weighted by atomic mass is 10.1. The summed E-state index contributed by atoms with van der Waals surface area (Å²) in [5, 5.41) is 12.5. The lowest BCUT2D eigenvalue weighted by molar-refractivity contribution is 0.395. The van der Waals surface area contributed by atoms with Crippen molar-refractivity contribution in [2.45, 2.75) is 0 Å². The number of methoxy groups -OCH3 is 2. The van der Waals surface area contributed by atoms with Crippen molar-refractivity contribution in [3.63, 3.8) is 0 Å². The predicted octanol–water partition coefficient (Wildman–Crippen LogP) is 4.09. The molecule has 7 nitrogen and oxygen atoms in total. The van der Waals surface area contributed by atoms with Crippen LogP contribution < -0.4 is 14.9 Å². The average molecular weight is 373 g/mol. The second-order valence-corrected chi connectivity index (χ2v) is 6.03. The van der Waals surface area contributed by atoms with E-state index in [-0.39, 0.29) is 0 Å². The van der Waals surface area contributed by atoms with Crippen molar-refractivity contribution in [1.82, 2.24) is 15.2 Å². The number of aromatic amines is 1. The third-order valence-corrected chi connectivity index (χ3v) is 4.33. The Labute approximate surface area is 162 Å². The zero-order valence-corrected chi connectivity index (χ0v) is 15.5. The lowest BCUT2D eigenvalue weighted by Gasteiger charge is -2.09. The van der Waals surface area contributed by atoms with Crippen LogP contribution in [0.2, 0.25) is 0 Å². The normalized spacial score (nSPS) is 11.1. The van der Waals surface area contributed by atoms with Crippen molar-refractivity contribution in [3.8, 4) is 22.8 Å². The number of fused-ring (bicyclic) bond motifs is 1. The second kappa shape index (κ2) is 7.79. The van der Waals surface area contributed by atoms with Gasteiger partial charge in [-0.3, -0.25) is 10.5 Å². The third kappa shape index (κ3) is 3.50. The van der Waals surface area contributed by atoms with Crippen LogP contribution in [0.4, 0.5) is 5.82 Å². The fourth-order valence-corrected chi connectivity index (χ4v) is 2.91. The van der Waals surface area contributed by atoms with Crippen LogP contribution in [0.15, 0.2) is 65.9 Å². The first kappa shape index (κ1) is 17.5. The van der Waals surface area contributed by atoms with E-state index < -0.39 is 0 Å². The second-order valence-electron chi connectivity index (χ2n) is 6.03. The molecule has 0 bridgehead atoms. The summed E-state index contributed by atoms with van der Waals surface area (Å²) in [7, 11) is 3.24. The number of hydrogen-bond acceptors (Lipinski definition) is 6. The van der Waals surface area contributed by atoms with E-state index in [1.807, 2.05) is 54.6 Å². The van der Waals surface area contributed by atoms with E-state index in [1.165, 1.54) is 0 Å². The molecule has 4 rings (SSSR count). The Morgan fingerprint density at radius 2 is 1.93 bits per heavy atom. The predicted molar refractivity (Wildman–Crippen MR) is 110 cm³/mol. The van der Waals surface area contributed by atoms with Crippen LogP contribution in [0.3, 0.4) is 0 Å². The van der Waals surface area contributed by atoms with Gasteiger partial charge in [-0.1, -0.05) is 18.2 Å². The van der Waals surface area contributed by atoms with Gasteiger partial charge in [0.2, 0.25) is 0 Å². The van der Waals surface area contributed by atoms with Gasteiger partial charge in [-0.15, -0.1) is 0 Å². The van der Waals surface area contributed by atoms with Crippen molar-refractivity contribution in [2.75, 3.05) is 19.6 Å². The summed E-state index contributed by atoms with van der Waals surface area (Å²) in [6.45, 7) is 0. The van der Waals surface area contributed by atoms with E-state index in [4.69, 9.17) is 9.47 Å². The zero-order chi connectivity index (χ0) is 19.3. The molecule has 28 heavy (non-hydrogen) atoms. The minimum Gasteiger partial charge on any atom is -0.497 e. The molecule has 0 amide bonds. The molecule has 0 unspecified atom stereocenters. The monoisotopic (exact) mass is 373 g/mol. The van der Waals surface area contributed by atoms with Crippen LogP contribution in [0, 0.1) is 0 Å². The number of ether oxygens (including phenoxy) is 2. The quantitative estimate of drug-likeness (QED) is 0.393. The Kier molecular flexibility index (Phi) is 4.88. The summed E-state index contributed by atoms with van der Waals surface area (Å²) in [5.74, 6) is 2.07. The number of hydrazone groups is 1. The number of H-pyrrole nitrogens is 1. The molecule has 0 spiro atoms. The molecule has 4 aromatic rings. The molecule has 0 aliphatic rings. The van der Waals surface area contributed by atoms with Gasteiger partial charge in [-0.2, -0.15) is 10.2 Å². The molecular formula is C21H19N5O2. The van der Waals surface area contributed by atoms with Crippen molar-refractivity contribution >= 4 is 22.9 Å². The van der Waals surface area contributed by atoms with Gasteiger partial charge in [0.1, 0.15) is 17.3 Å². The summed E-state index contributed by atoms with van der Waals surface area (Å²) in [5.41, 5.74) is 6.36. The van der Waals surface area contributed by atoms with Crippen molar-refractivity contribution in [1.29, 1.82) is 0 Å². The largest absolute Gasteiger partial charge is 0.497 e. The van der Waals surface area contributed by atoms with Crippen molar-refractivity contribution < 1.29 is 9.47 Å². The molecule has 2 aromatic heterocycles. The maximum Gasteiger partial charge on any atom is 0.146 e. The first-order valence-electron chi connectivity index (χ1n) is 8.69. The van der Waals surface area contributed by atoms with Crippen molar-refractivity contribution in [3.05, 3.63) is 66.4 Å². The summed E-state index contributed by atoms with van der Waals surface area (Å²) < 4.78 is 10.7. The van der Waals surface area contributed by atoms with Crippen LogP contribution in [0.1, 0.15) is 5.56 Å². The number of pyridine rings is 1. The van der Waals surface area contributed by atoms with Gasteiger partial charge in [0.05, 0.1) is 37.8 Å². The number of nitrogens with one attached hydrogen (secondary N) is 2. The van der Waals surface area contributed by atoms with Gasteiger partial charge in [-0.25, -0.2) is 4.98 Å². The molecule has 2 aromatic carbocycles. The summed E-state index contributed by atoms with van der Waals surface area (Å²) >= 11 is 0. The number of benzene rings is 2. The van der Waals surface area contributed by atoms with Gasteiger partial charge in [0, 0.05) is 22.6 Å². The number of hydrogen-bond donors (Lipinski definition) is 2. The highest BCUT2D eigenvalue weighted by Crippen LogP contribution is 2.33. The van der Waals surface area contributed by atoms with Crippen LogP contribution in [-0.4, -0.2) is 35.6 Å². The molecule has 0 aliphatic heterocycles. The highest BCUT2D eigenvalue weighted by molar-refractivity contribution is 5.90. The zero-order valence-electron chi connectivity index (χ0n) is 15.5. The number of nitrogens with zero attached hydrogens (tertiary/aromatic N) is 3. The van der Waals surface area contributed by atoms with E-state index >= 15 is 0 Å². The molecular weight excluding hydrogens is 354 g/mol. The first-order valence-corrected chi connectivity index (χ1v) is 8.69. The van der Waals surface area contributed by atoms with Crippen LogP contribution in [0.5, 0.6) is 11.5 Å². The minimum absolute atomic E-state index is 0.669. The molecule has 2 heterocycles. The Morgan fingerprint density at radius 1 is 1.04 bits per heavy atom. The smallest absolute Gasteiger partial charge is 0.146 e. The third-order valence-electron chi connectivity index (χ3n) is 4.33. The molecule has 140 valence electrons. The van der Waals surface area contributed by atoms with E-state index in [9.17, 15) is 0 Å². The van der Waals surface area contributed by atoms with Gasteiger partial charge in [0.15, 0.2) is 0 Å². The topological polar surface area (TPSA) is 84.4 Å². The summed E-state index contributed by atoms with van der Waals surface area (Å²) in [6, 6.07) is 17.5. The van der Waals surface area contributed by atoms with Gasteiger partial charge in [-0.05, 0) is 30.3 Å². The molecule has 2 N–H and O–H groups in total. The maximum absolute atomic E-state index is 5.48. The fourth-order valence-electron chi connectivity index (χ4n) is 2.91. The number of anilines is 1. The van der Waals surface area contributed by atoms with Crippen LogP contribution in [-0.2, 0) is 0 Å². The molecule has 7 heteroatoms. The molecule has 0 saturated carbocycles. The number of aromatic nitrogens is 3. The SMILES string of the molecule is COc1ccc(-c2[nH]ncc2C=NNc2ccc3ccccc3n2)c(OC)c1. The van der Waals surface area contributed by atoms with Gasteiger partial charge < -0.3 is 9.47 Å². The van der Waals surface area contributed by atoms with Gasteiger partial charge >= 0.3 is 0 Å².